The second kappa shape index (κ2) is 5.57. The SMILES string of the molecule is Cc1nc([C@H]2CCCCN2C(=O)c2cccc3c2OCO3)n[nH]1. The number of fused-ring (bicyclic) bond motifs is 1. The Hall–Kier alpha value is -2.57. The van der Waals surface area contributed by atoms with Crippen LogP contribution >= 0.6 is 0 Å². The van der Waals surface area contributed by atoms with Crippen molar-refractivity contribution < 1.29 is 14.3 Å². The van der Waals surface area contributed by atoms with Gasteiger partial charge in [0, 0.05) is 6.54 Å². The summed E-state index contributed by atoms with van der Waals surface area (Å²) in [4.78, 5) is 19.3. The molecule has 2 aliphatic rings. The van der Waals surface area contributed by atoms with Crippen molar-refractivity contribution in [1.82, 2.24) is 20.1 Å². The minimum Gasteiger partial charge on any atom is -0.454 e. The molecule has 7 heteroatoms. The first-order chi connectivity index (χ1) is 11.2. The zero-order chi connectivity index (χ0) is 15.8. The second-order valence-corrected chi connectivity index (χ2v) is 5.83. The molecule has 1 atom stereocenters. The Balaban J connectivity index is 1.67. The largest absolute Gasteiger partial charge is 0.454 e. The van der Waals surface area contributed by atoms with Gasteiger partial charge in [0.2, 0.25) is 6.79 Å². The van der Waals surface area contributed by atoms with E-state index < -0.39 is 0 Å². The van der Waals surface area contributed by atoms with E-state index in [1.54, 1.807) is 6.07 Å². The first-order valence-electron chi connectivity index (χ1n) is 7.82. The van der Waals surface area contributed by atoms with E-state index in [9.17, 15) is 4.79 Å². The van der Waals surface area contributed by atoms with Crippen LogP contribution < -0.4 is 9.47 Å². The number of carbonyl (C=O) groups excluding carboxylic acids is 1. The number of rotatable bonds is 2. The molecule has 1 N–H and O–H groups in total. The van der Waals surface area contributed by atoms with Crippen LogP contribution in [0.3, 0.4) is 0 Å². The van der Waals surface area contributed by atoms with E-state index in [1.165, 1.54) is 0 Å². The number of para-hydroxylation sites is 1. The van der Waals surface area contributed by atoms with E-state index in [2.05, 4.69) is 15.2 Å². The van der Waals surface area contributed by atoms with E-state index in [4.69, 9.17) is 9.47 Å². The lowest BCUT2D eigenvalue weighted by molar-refractivity contribution is 0.0596. The number of H-pyrrole nitrogens is 1. The number of piperidine rings is 1. The molecule has 1 amide bonds. The van der Waals surface area contributed by atoms with Crippen LogP contribution in [0.1, 0.15) is 47.3 Å². The highest BCUT2D eigenvalue weighted by molar-refractivity contribution is 5.98. The van der Waals surface area contributed by atoms with Gasteiger partial charge in [-0.2, -0.15) is 5.10 Å². The fourth-order valence-corrected chi connectivity index (χ4v) is 3.21. The smallest absolute Gasteiger partial charge is 0.258 e. The van der Waals surface area contributed by atoms with Gasteiger partial charge < -0.3 is 14.4 Å². The normalized spacial score (nSPS) is 19.9. The molecule has 4 rings (SSSR count). The highest BCUT2D eigenvalue weighted by Gasteiger charge is 2.33. The molecule has 0 aliphatic carbocycles. The maximum absolute atomic E-state index is 13.1. The minimum absolute atomic E-state index is 0.0560. The molecule has 1 saturated heterocycles. The van der Waals surface area contributed by atoms with E-state index in [0.29, 0.717) is 29.4 Å². The average molecular weight is 314 g/mol. The number of aromatic amines is 1. The molecule has 0 bridgehead atoms. The zero-order valence-corrected chi connectivity index (χ0v) is 12.9. The molecule has 0 radical (unpaired) electrons. The number of aromatic nitrogens is 3. The fourth-order valence-electron chi connectivity index (χ4n) is 3.21. The molecule has 2 aromatic rings. The van der Waals surface area contributed by atoms with Gasteiger partial charge >= 0.3 is 0 Å². The van der Waals surface area contributed by atoms with Crippen LogP contribution in [0.4, 0.5) is 0 Å². The van der Waals surface area contributed by atoms with Crippen molar-refractivity contribution in [3.05, 3.63) is 35.4 Å². The lowest BCUT2D eigenvalue weighted by Gasteiger charge is -2.34. The predicted molar refractivity (Wildman–Crippen MR) is 81.3 cm³/mol. The topological polar surface area (TPSA) is 80.3 Å². The van der Waals surface area contributed by atoms with Crippen LogP contribution in [-0.2, 0) is 0 Å². The molecule has 1 aromatic carbocycles. The Bertz CT molecular complexity index is 743. The Morgan fingerprint density at radius 3 is 3.09 bits per heavy atom. The van der Waals surface area contributed by atoms with Gasteiger partial charge in [-0.3, -0.25) is 9.89 Å². The molecule has 0 unspecified atom stereocenters. The standard InChI is InChI=1S/C16H18N4O3/c1-10-17-15(19-18-10)12-6-2-3-8-20(12)16(21)11-5-4-7-13-14(11)23-9-22-13/h4-5,7,12H,2-3,6,8-9H2,1H3,(H,17,18,19)/t12-/m1/s1. The summed E-state index contributed by atoms with van der Waals surface area (Å²) < 4.78 is 10.8. The molecule has 7 nitrogen and oxygen atoms in total. The maximum Gasteiger partial charge on any atom is 0.258 e. The number of likely N-dealkylation sites (tertiary alicyclic amines) is 1. The summed E-state index contributed by atoms with van der Waals surface area (Å²) >= 11 is 0. The number of carbonyl (C=O) groups is 1. The highest BCUT2D eigenvalue weighted by Crippen LogP contribution is 2.38. The molecule has 0 saturated carbocycles. The minimum atomic E-state index is -0.0978. The molecule has 2 aliphatic heterocycles. The van der Waals surface area contributed by atoms with Crippen LogP contribution in [0.5, 0.6) is 11.5 Å². The van der Waals surface area contributed by atoms with Crippen LogP contribution in [0.2, 0.25) is 0 Å². The van der Waals surface area contributed by atoms with E-state index in [1.807, 2.05) is 24.0 Å². The number of benzene rings is 1. The Kier molecular flexibility index (Phi) is 3.40. The molecule has 1 fully saturated rings. The van der Waals surface area contributed by atoms with Gasteiger partial charge in [-0.1, -0.05) is 6.07 Å². The van der Waals surface area contributed by atoms with Gasteiger partial charge in [0.05, 0.1) is 11.6 Å². The Labute approximate surface area is 133 Å². The van der Waals surface area contributed by atoms with Crippen molar-refractivity contribution >= 4 is 5.91 Å². The number of nitrogens with zero attached hydrogens (tertiary/aromatic N) is 3. The first kappa shape index (κ1) is 14.0. The van der Waals surface area contributed by atoms with E-state index in [0.717, 1.165) is 25.1 Å². The van der Waals surface area contributed by atoms with E-state index in [-0.39, 0.29) is 18.7 Å². The number of aryl methyl sites for hydroxylation is 1. The molecule has 3 heterocycles. The lowest BCUT2D eigenvalue weighted by atomic mass is 10.00. The van der Waals surface area contributed by atoms with Gasteiger partial charge in [0.1, 0.15) is 5.82 Å². The maximum atomic E-state index is 13.1. The summed E-state index contributed by atoms with van der Waals surface area (Å²) in [5.41, 5.74) is 0.541. The number of nitrogens with one attached hydrogen (secondary N) is 1. The van der Waals surface area contributed by atoms with Gasteiger partial charge in [-0.25, -0.2) is 4.98 Å². The summed E-state index contributed by atoms with van der Waals surface area (Å²) in [6, 6.07) is 5.31. The monoisotopic (exact) mass is 314 g/mol. The number of ether oxygens (including phenoxy) is 2. The number of hydrogen-bond acceptors (Lipinski definition) is 5. The number of amides is 1. The highest BCUT2D eigenvalue weighted by atomic mass is 16.7. The van der Waals surface area contributed by atoms with Crippen molar-refractivity contribution in [2.24, 2.45) is 0 Å². The van der Waals surface area contributed by atoms with Crippen LogP contribution in [0.25, 0.3) is 0 Å². The first-order valence-corrected chi connectivity index (χ1v) is 7.82. The summed E-state index contributed by atoms with van der Waals surface area (Å²) in [5, 5.41) is 7.12. The third-order valence-corrected chi connectivity index (χ3v) is 4.30. The zero-order valence-electron chi connectivity index (χ0n) is 12.9. The van der Waals surface area contributed by atoms with Crippen molar-refractivity contribution in [2.45, 2.75) is 32.2 Å². The summed E-state index contributed by atoms with van der Waals surface area (Å²) in [7, 11) is 0. The van der Waals surface area contributed by atoms with Crippen LogP contribution in [-0.4, -0.2) is 39.3 Å². The molecule has 0 spiro atoms. The third kappa shape index (κ3) is 2.42. The summed E-state index contributed by atoms with van der Waals surface area (Å²) in [6.07, 6.45) is 2.92. The van der Waals surface area contributed by atoms with Gasteiger partial charge in [0.25, 0.3) is 5.91 Å². The van der Waals surface area contributed by atoms with Crippen LogP contribution in [0, 0.1) is 6.92 Å². The number of hydrogen-bond donors (Lipinski definition) is 1. The van der Waals surface area contributed by atoms with Gasteiger partial charge in [0.15, 0.2) is 17.3 Å². The molecule has 120 valence electrons. The molecular formula is C16H18N4O3. The summed E-state index contributed by atoms with van der Waals surface area (Å²) in [5.74, 6) is 2.54. The summed E-state index contributed by atoms with van der Waals surface area (Å²) in [6.45, 7) is 2.71. The van der Waals surface area contributed by atoms with E-state index >= 15 is 0 Å². The van der Waals surface area contributed by atoms with Crippen molar-refractivity contribution in [3.63, 3.8) is 0 Å². The lowest BCUT2D eigenvalue weighted by Crippen LogP contribution is -2.39. The average Bonchev–Trinajstić information content (AvgIpc) is 3.22. The molecule has 23 heavy (non-hydrogen) atoms. The predicted octanol–water partition coefficient (Wildman–Crippen LogP) is 2.21. The Morgan fingerprint density at radius 2 is 2.26 bits per heavy atom. The second-order valence-electron chi connectivity index (χ2n) is 5.83. The van der Waals surface area contributed by atoms with Crippen molar-refractivity contribution in [2.75, 3.05) is 13.3 Å². The Morgan fingerprint density at radius 1 is 1.35 bits per heavy atom. The van der Waals surface area contributed by atoms with Crippen LogP contribution in [0.15, 0.2) is 18.2 Å². The van der Waals surface area contributed by atoms with Gasteiger partial charge in [-0.05, 0) is 38.3 Å². The molecular weight excluding hydrogens is 296 g/mol. The molecule has 1 aromatic heterocycles. The third-order valence-electron chi connectivity index (χ3n) is 4.30. The van der Waals surface area contributed by atoms with Crippen molar-refractivity contribution in [3.8, 4) is 11.5 Å². The van der Waals surface area contributed by atoms with Gasteiger partial charge in [-0.15, -0.1) is 0 Å². The van der Waals surface area contributed by atoms with Crippen molar-refractivity contribution in [1.29, 1.82) is 0 Å². The fraction of sp³-hybridized carbons (Fsp3) is 0.438. The quantitative estimate of drug-likeness (QED) is 0.919.